The number of aryl methyl sites for hydroxylation is 1. The predicted octanol–water partition coefficient (Wildman–Crippen LogP) is 2.08. The van der Waals surface area contributed by atoms with E-state index in [0.717, 1.165) is 6.42 Å². The van der Waals surface area contributed by atoms with E-state index in [9.17, 15) is 4.79 Å². The Morgan fingerprint density at radius 1 is 1.36 bits per heavy atom. The van der Waals surface area contributed by atoms with Gasteiger partial charge in [-0.15, -0.1) is 0 Å². The molecule has 0 aliphatic carbocycles. The largest absolute Gasteiger partial charge is 0.292 e. The second-order valence-electron chi connectivity index (χ2n) is 3.50. The molecule has 1 rings (SSSR count). The van der Waals surface area contributed by atoms with Gasteiger partial charge in [0, 0.05) is 25.5 Å². The highest BCUT2D eigenvalue weighted by Gasteiger charge is 2.18. The first-order valence-electron chi connectivity index (χ1n) is 5.21. The van der Waals surface area contributed by atoms with Gasteiger partial charge in [-0.25, -0.2) is 0 Å². The zero-order valence-electron chi connectivity index (χ0n) is 9.16. The normalized spacial score (nSPS) is 12.5. The van der Waals surface area contributed by atoms with E-state index in [4.69, 9.17) is 0 Å². The molecular formula is C12H18NO+. The van der Waals surface area contributed by atoms with Gasteiger partial charge >= 0.3 is 0 Å². The van der Waals surface area contributed by atoms with Crippen molar-refractivity contribution in [1.29, 1.82) is 0 Å². The summed E-state index contributed by atoms with van der Waals surface area (Å²) in [6.07, 6.45) is 5.61. The summed E-state index contributed by atoms with van der Waals surface area (Å²) >= 11 is 0. The molecular weight excluding hydrogens is 174 g/mol. The van der Waals surface area contributed by atoms with E-state index in [-0.39, 0.29) is 11.8 Å². The lowest BCUT2D eigenvalue weighted by molar-refractivity contribution is -0.706. The lowest BCUT2D eigenvalue weighted by Gasteiger charge is -2.04. The summed E-state index contributed by atoms with van der Waals surface area (Å²) in [6, 6.07) is 4.10. The number of aromatic nitrogens is 1. The fourth-order valence-electron chi connectivity index (χ4n) is 1.42. The highest BCUT2D eigenvalue weighted by Crippen LogP contribution is 2.01. The number of carbonyl (C=O) groups is 1. The fourth-order valence-corrected chi connectivity index (χ4v) is 1.42. The Labute approximate surface area is 85.6 Å². The molecule has 0 aliphatic rings. The lowest BCUT2D eigenvalue weighted by Crippen LogP contribution is -2.41. The van der Waals surface area contributed by atoms with Crippen LogP contribution in [0, 0.1) is 0 Å². The van der Waals surface area contributed by atoms with Crippen molar-refractivity contribution in [2.75, 3.05) is 0 Å². The molecule has 0 aromatic carbocycles. The number of nitrogens with zero attached hydrogens (tertiary/aromatic N) is 1. The summed E-state index contributed by atoms with van der Waals surface area (Å²) in [7, 11) is 0. The van der Waals surface area contributed by atoms with Gasteiger partial charge in [-0.1, -0.05) is 13.8 Å². The Hall–Kier alpha value is -1.18. The Bertz CT molecular complexity index is 303. The molecule has 0 saturated heterocycles. The maximum atomic E-state index is 11.4. The van der Waals surface area contributed by atoms with Crippen LogP contribution in [0.4, 0.5) is 0 Å². The standard InChI is InChI=1S/C12H18NO/c1-4-11-6-8-13(9-7-11)10(3)12(14)5-2/h6-10H,4-5H2,1-3H3/q+1. The van der Waals surface area contributed by atoms with E-state index >= 15 is 0 Å². The van der Waals surface area contributed by atoms with Crippen LogP contribution >= 0.6 is 0 Å². The van der Waals surface area contributed by atoms with Crippen LogP contribution in [0.3, 0.4) is 0 Å². The van der Waals surface area contributed by atoms with Crippen molar-refractivity contribution in [3.63, 3.8) is 0 Å². The maximum Gasteiger partial charge on any atom is 0.213 e. The number of hydrogen-bond donors (Lipinski definition) is 0. The van der Waals surface area contributed by atoms with Crippen LogP contribution in [0.25, 0.3) is 0 Å². The van der Waals surface area contributed by atoms with Crippen molar-refractivity contribution in [2.24, 2.45) is 0 Å². The molecule has 0 bridgehead atoms. The average molecular weight is 192 g/mol. The number of pyridine rings is 1. The van der Waals surface area contributed by atoms with Gasteiger partial charge in [0.1, 0.15) is 0 Å². The van der Waals surface area contributed by atoms with Crippen LogP contribution in [0.2, 0.25) is 0 Å². The minimum atomic E-state index is -0.0362. The van der Waals surface area contributed by atoms with Gasteiger partial charge in [-0.3, -0.25) is 4.79 Å². The Balaban J connectivity index is 2.81. The molecule has 0 aliphatic heterocycles. The quantitative estimate of drug-likeness (QED) is 0.669. The zero-order valence-corrected chi connectivity index (χ0v) is 9.16. The van der Waals surface area contributed by atoms with Crippen LogP contribution in [-0.4, -0.2) is 5.78 Å². The van der Waals surface area contributed by atoms with E-state index in [2.05, 4.69) is 19.1 Å². The highest BCUT2D eigenvalue weighted by molar-refractivity contribution is 5.80. The van der Waals surface area contributed by atoms with Gasteiger partial charge < -0.3 is 0 Å². The molecule has 0 fully saturated rings. The van der Waals surface area contributed by atoms with Gasteiger partial charge in [0.15, 0.2) is 18.2 Å². The molecule has 0 amide bonds. The molecule has 0 N–H and O–H groups in total. The SMILES string of the molecule is CCC(=O)C(C)[n+]1ccc(CC)cc1. The van der Waals surface area contributed by atoms with Gasteiger partial charge in [-0.05, 0) is 12.0 Å². The minimum absolute atomic E-state index is 0.0362. The van der Waals surface area contributed by atoms with Crippen molar-refractivity contribution < 1.29 is 9.36 Å². The van der Waals surface area contributed by atoms with Gasteiger partial charge in [0.25, 0.3) is 0 Å². The summed E-state index contributed by atoms with van der Waals surface area (Å²) in [4.78, 5) is 11.4. The number of carbonyl (C=O) groups excluding carboxylic acids is 1. The summed E-state index contributed by atoms with van der Waals surface area (Å²) in [5.41, 5.74) is 1.30. The first-order chi connectivity index (χ1) is 6.69. The summed E-state index contributed by atoms with van der Waals surface area (Å²) in [6.45, 7) is 5.97. The average Bonchev–Trinajstić information content (AvgIpc) is 2.27. The van der Waals surface area contributed by atoms with Crippen molar-refractivity contribution >= 4 is 5.78 Å². The first kappa shape index (κ1) is 10.9. The molecule has 2 nitrogen and oxygen atoms in total. The van der Waals surface area contributed by atoms with Crippen molar-refractivity contribution in [1.82, 2.24) is 0 Å². The third kappa shape index (κ3) is 2.41. The fraction of sp³-hybridized carbons (Fsp3) is 0.500. The Kier molecular flexibility index (Phi) is 3.81. The summed E-state index contributed by atoms with van der Waals surface area (Å²) in [5.74, 6) is 0.277. The molecule has 0 spiro atoms. The number of hydrogen-bond acceptors (Lipinski definition) is 1. The molecule has 2 heteroatoms. The number of Topliss-reactive ketones (excluding diaryl/α,β-unsaturated/α-hetero) is 1. The molecule has 1 aromatic rings. The van der Waals surface area contributed by atoms with Crippen LogP contribution in [0.15, 0.2) is 24.5 Å². The molecule has 0 radical (unpaired) electrons. The van der Waals surface area contributed by atoms with Gasteiger partial charge in [0.05, 0.1) is 0 Å². The molecule has 76 valence electrons. The summed E-state index contributed by atoms with van der Waals surface area (Å²) < 4.78 is 1.96. The zero-order chi connectivity index (χ0) is 10.6. The second kappa shape index (κ2) is 4.89. The maximum absolute atomic E-state index is 11.4. The van der Waals surface area contributed by atoms with Crippen LogP contribution < -0.4 is 4.57 Å². The third-order valence-electron chi connectivity index (χ3n) is 2.59. The molecule has 1 atom stereocenters. The van der Waals surface area contributed by atoms with E-state index in [1.54, 1.807) is 0 Å². The van der Waals surface area contributed by atoms with E-state index in [0.29, 0.717) is 6.42 Å². The molecule has 0 saturated carbocycles. The third-order valence-corrected chi connectivity index (χ3v) is 2.59. The minimum Gasteiger partial charge on any atom is -0.292 e. The number of ketones is 1. The smallest absolute Gasteiger partial charge is 0.213 e. The number of rotatable bonds is 4. The van der Waals surface area contributed by atoms with Crippen LogP contribution in [-0.2, 0) is 11.2 Å². The topological polar surface area (TPSA) is 20.9 Å². The van der Waals surface area contributed by atoms with Crippen LogP contribution in [0.5, 0.6) is 0 Å². The first-order valence-corrected chi connectivity index (χ1v) is 5.21. The van der Waals surface area contributed by atoms with Crippen molar-refractivity contribution in [3.8, 4) is 0 Å². The molecule has 1 unspecified atom stereocenters. The predicted molar refractivity (Wildman–Crippen MR) is 56.0 cm³/mol. The second-order valence-corrected chi connectivity index (χ2v) is 3.50. The van der Waals surface area contributed by atoms with Gasteiger partial charge in [-0.2, -0.15) is 4.57 Å². The van der Waals surface area contributed by atoms with E-state index in [1.807, 2.05) is 30.8 Å². The lowest BCUT2D eigenvalue weighted by atomic mass is 10.1. The Morgan fingerprint density at radius 2 is 1.93 bits per heavy atom. The van der Waals surface area contributed by atoms with Gasteiger partial charge in [0.2, 0.25) is 6.04 Å². The Morgan fingerprint density at radius 3 is 2.36 bits per heavy atom. The van der Waals surface area contributed by atoms with E-state index in [1.165, 1.54) is 5.56 Å². The van der Waals surface area contributed by atoms with E-state index < -0.39 is 0 Å². The van der Waals surface area contributed by atoms with Crippen molar-refractivity contribution in [3.05, 3.63) is 30.1 Å². The molecule has 14 heavy (non-hydrogen) atoms. The van der Waals surface area contributed by atoms with Crippen molar-refractivity contribution in [2.45, 2.75) is 39.7 Å². The highest BCUT2D eigenvalue weighted by atomic mass is 16.1. The summed E-state index contributed by atoms with van der Waals surface area (Å²) in [5, 5.41) is 0. The van der Waals surface area contributed by atoms with Crippen LogP contribution in [0.1, 0.15) is 38.8 Å². The molecule has 1 aromatic heterocycles. The monoisotopic (exact) mass is 192 g/mol. The molecule has 1 heterocycles.